The van der Waals surface area contributed by atoms with Crippen LogP contribution in [0.2, 0.25) is 0 Å². The Morgan fingerprint density at radius 3 is 2.45 bits per heavy atom. The molecule has 0 saturated carbocycles. The van der Waals surface area contributed by atoms with Gasteiger partial charge in [0.2, 0.25) is 5.88 Å². The molecule has 2 amide bonds. The highest BCUT2D eigenvalue weighted by Crippen LogP contribution is 2.36. The summed E-state index contributed by atoms with van der Waals surface area (Å²) in [5, 5.41) is 11.0. The Morgan fingerprint density at radius 2 is 1.68 bits per heavy atom. The molecule has 2 aromatic heterocycles. The number of fused-ring (bicyclic) bond motifs is 1. The summed E-state index contributed by atoms with van der Waals surface area (Å²) < 4.78 is 18.5. The number of nitrogens with zero attached hydrogens (tertiary/aromatic N) is 4. The number of ether oxygens (including phenoxy) is 3. The summed E-state index contributed by atoms with van der Waals surface area (Å²) in [7, 11) is 3.12. The standard InChI is InChI=1S/C28H26N6O4/c1-4-18-14-26(34(33-18)20-10-6-5-7-11-20)32-28(35)31-19-9-8-12-21(13-19)38-27-22-15-24(36-2)25(37-3)16-23(22)29-17-30-27/h5-17H,4H2,1-3H3,(H2,31,32,35). The van der Waals surface area contributed by atoms with Crippen molar-refractivity contribution in [2.24, 2.45) is 0 Å². The minimum atomic E-state index is -0.411. The third-order valence-electron chi connectivity index (χ3n) is 5.78. The lowest BCUT2D eigenvalue weighted by atomic mass is 10.2. The van der Waals surface area contributed by atoms with Gasteiger partial charge in [0.05, 0.1) is 36.5 Å². The molecule has 5 rings (SSSR count). The van der Waals surface area contributed by atoms with Gasteiger partial charge in [-0.2, -0.15) is 5.10 Å². The van der Waals surface area contributed by atoms with Gasteiger partial charge in [-0.25, -0.2) is 19.4 Å². The average molecular weight is 511 g/mol. The Hall–Kier alpha value is -5.12. The zero-order valence-electron chi connectivity index (χ0n) is 21.1. The molecule has 0 spiro atoms. The summed E-state index contributed by atoms with van der Waals surface area (Å²) in [6, 6.07) is 21.6. The molecule has 0 aliphatic rings. The van der Waals surface area contributed by atoms with Crippen molar-refractivity contribution in [2.75, 3.05) is 24.9 Å². The Bertz CT molecular complexity index is 1590. The number of carbonyl (C=O) groups is 1. The second-order valence-corrected chi connectivity index (χ2v) is 8.23. The average Bonchev–Trinajstić information content (AvgIpc) is 3.35. The number of amides is 2. The molecule has 0 unspecified atom stereocenters. The van der Waals surface area contributed by atoms with E-state index in [2.05, 4.69) is 25.7 Å². The molecule has 0 aliphatic carbocycles. The molecule has 0 atom stereocenters. The van der Waals surface area contributed by atoms with Gasteiger partial charge in [-0.3, -0.25) is 5.32 Å². The lowest BCUT2D eigenvalue weighted by molar-refractivity contribution is 0.262. The van der Waals surface area contributed by atoms with Crippen molar-refractivity contribution in [2.45, 2.75) is 13.3 Å². The SMILES string of the molecule is CCc1cc(NC(=O)Nc2cccc(Oc3ncnc4cc(OC)c(OC)cc34)c2)n(-c2ccccc2)n1. The van der Waals surface area contributed by atoms with Crippen LogP contribution in [-0.2, 0) is 6.42 Å². The van der Waals surface area contributed by atoms with Crippen molar-refractivity contribution in [1.82, 2.24) is 19.7 Å². The number of hydrogen-bond donors (Lipinski definition) is 2. The van der Waals surface area contributed by atoms with Crippen molar-refractivity contribution < 1.29 is 19.0 Å². The van der Waals surface area contributed by atoms with E-state index in [-0.39, 0.29) is 0 Å². The van der Waals surface area contributed by atoms with Gasteiger partial charge in [-0.15, -0.1) is 0 Å². The molecule has 3 aromatic carbocycles. The van der Waals surface area contributed by atoms with Gasteiger partial charge in [0.1, 0.15) is 17.9 Å². The number of methoxy groups -OCH3 is 2. The Balaban J connectivity index is 1.34. The Kier molecular flexibility index (Phi) is 7.03. The number of rotatable bonds is 8. The maximum atomic E-state index is 12.9. The summed E-state index contributed by atoms with van der Waals surface area (Å²) in [5.74, 6) is 2.49. The molecule has 0 aliphatic heterocycles. The fourth-order valence-corrected chi connectivity index (χ4v) is 3.93. The van der Waals surface area contributed by atoms with Gasteiger partial charge in [0.15, 0.2) is 11.5 Å². The Labute approximate surface area is 219 Å². The van der Waals surface area contributed by atoms with Crippen LogP contribution in [0.5, 0.6) is 23.1 Å². The molecule has 10 nitrogen and oxygen atoms in total. The minimum absolute atomic E-state index is 0.344. The largest absolute Gasteiger partial charge is 0.493 e. The van der Waals surface area contributed by atoms with Crippen molar-refractivity contribution in [3.8, 4) is 28.8 Å². The van der Waals surface area contributed by atoms with E-state index in [1.54, 1.807) is 55.3 Å². The van der Waals surface area contributed by atoms with E-state index < -0.39 is 6.03 Å². The molecule has 0 saturated heterocycles. The number of hydrogen-bond acceptors (Lipinski definition) is 7. The number of aromatic nitrogens is 4. The topological polar surface area (TPSA) is 112 Å². The van der Waals surface area contributed by atoms with E-state index in [0.29, 0.717) is 45.5 Å². The zero-order valence-corrected chi connectivity index (χ0v) is 21.1. The van der Waals surface area contributed by atoms with E-state index in [4.69, 9.17) is 14.2 Å². The van der Waals surface area contributed by atoms with Crippen LogP contribution >= 0.6 is 0 Å². The second-order valence-electron chi connectivity index (χ2n) is 8.23. The number of para-hydroxylation sites is 1. The third kappa shape index (κ3) is 5.19. The zero-order chi connectivity index (χ0) is 26.5. The second kappa shape index (κ2) is 10.9. The number of urea groups is 1. The molecular formula is C28H26N6O4. The lowest BCUT2D eigenvalue weighted by Gasteiger charge is -2.13. The van der Waals surface area contributed by atoms with Gasteiger partial charge in [0.25, 0.3) is 0 Å². The molecule has 10 heteroatoms. The fraction of sp³-hybridized carbons (Fsp3) is 0.143. The maximum Gasteiger partial charge on any atom is 0.324 e. The van der Waals surface area contributed by atoms with Gasteiger partial charge in [-0.05, 0) is 36.8 Å². The molecule has 0 radical (unpaired) electrons. The van der Waals surface area contributed by atoms with Gasteiger partial charge < -0.3 is 19.5 Å². The molecule has 192 valence electrons. The lowest BCUT2D eigenvalue weighted by Crippen LogP contribution is -2.21. The summed E-state index contributed by atoms with van der Waals surface area (Å²) in [4.78, 5) is 21.5. The van der Waals surface area contributed by atoms with Crippen LogP contribution in [0.15, 0.2) is 79.1 Å². The van der Waals surface area contributed by atoms with Crippen LogP contribution in [0.3, 0.4) is 0 Å². The highest BCUT2D eigenvalue weighted by atomic mass is 16.5. The Morgan fingerprint density at radius 1 is 0.895 bits per heavy atom. The number of aryl methyl sites for hydroxylation is 1. The summed E-state index contributed by atoms with van der Waals surface area (Å²) in [5.41, 5.74) is 2.90. The fourth-order valence-electron chi connectivity index (χ4n) is 3.93. The summed E-state index contributed by atoms with van der Waals surface area (Å²) >= 11 is 0. The summed E-state index contributed by atoms with van der Waals surface area (Å²) in [6.45, 7) is 2.01. The van der Waals surface area contributed by atoms with Crippen molar-refractivity contribution in [3.05, 3.63) is 84.8 Å². The first-order valence-electron chi connectivity index (χ1n) is 11.9. The predicted molar refractivity (Wildman–Crippen MR) is 145 cm³/mol. The normalized spacial score (nSPS) is 10.7. The van der Waals surface area contributed by atoms with Crippen LogP contribution < -0.4 is 24.8 Å². The number of benzene rings is 3. The van der Waals surface area contributed by atoms with Gasteiger partial charge in [0, 0.05) is 23.9 Å². The predicted octanol–water partition coefficient (Wildman–Crippen LogP) is 5.83. The third-order valence-corrected chi connectivity index (χ3v) is 5.78. The smallest absolute Gasteiger partial charge is 0.324 e. The van der Waals surface area contributed by atoms with E-state index in [1.807, 2.05) is 43.3 Å². The summed E-state index contributed by atoms with van der Waals surface area (Å²) in [6.07, 6.45) is 2.16. The molecule has 38 heavy (non-hydrogen) atoms. The highest BCUT2D eigenvalue weighted by molar-refractivity contribution is 5.99. The highest BCUT2D eigenvalue weighted by Gasteiger charge is 2.14. The monoisotopic (exact) mass is 510 g/mol. The van der Waals surface area contributed by atoms with E-state index in [9.17, 15) is 4.79 Å². The van der Waals surface area contributed by atoms with Crippen molar-refractivity contribution in [1.29, 1.82) is 0 Å². The first-order chi connectivity index (χ1) is 18.6. The first-order valence-corrected chi connectivity index (χ1v) is 11.9. The molecule has 2 heterocycles. The molecular weight excluding hydrogens is 484 g/mol. The van der Waals surface area contributed by atoms with Crippen LogP contribution in [0.1, 0.15) is 12.6 Å². The van der Waals surface area contributed by atoms with Crippen LogP contribution in [0, 0.1) is 0 Å². The molecule has 2 N–H and O–H groups in total. The van der Waals surface area contributed by atoms with E-state index in [0.717, 1.165) is 17.8 Å². The van der Waals surface area contributed by atoms with Crippen LogP contribution in [0.4, 0.5) is 16.3 Å². The van der Waals surface area contributed by atoms with Crippen LogP contribution in [0.25, 0.3) is 16.6 Å². The number of anilines is 2. The molecule has 0 fully saturated rings. The first kappa shape index (κ1) is 24.6. The van der Waals surface area contributed by atoms with Gasteiger partial charge >= 0.3 is 6.03 Å². The van der Waals surface area contributed by atoms with E-state index in [1.165, 1.54) is 6.33 Å². The minimum Gasteiger partial charge on any atom is -0.493 e. The number of nitrogens with one attached hydrogen (secondary N) is 2. The van der Waals surface area contributed by atoms with E-state index >= 15 is 0 Å². The molecule has 5 aromatic rings. The molecule has 0 bridgehead atoms. The quantitative estimate of drug-likeness (QED) is 0.270. The van der Waals surface area contributed by atoms with Crippen LogP contribution in [-0.4, -0.2) is 40.0 Å². The number of carbonyl (C=O) groups excluding carboxylic acids is 1. The van der Waals surface area contributed by atoms with Crippen molar-refractivity contribution in [3.63, 3.8) is 0 Å². The maximum absolute atomic E-state index is 12.9. The van der Waals surface area contributed by atoms with Crippen molar-refractivity contribution >= 4 is 28.4 Å². The van der Waals surface area contributed by atoms with Gasteiger partial charge in [-0.1, -0.05) is 31.2 Å².